The van der Waals surface area contributed by atoms with Crippen molar-refractivity contribution in [2.24, 2.45) is 5.73 Å². The first kappa shape index (κ1) is 25.2. The second-order valence-electron chi connectivity index (χ2n) is 9.54. The normalized spacial score (nSPS) is 16.6. The van der Waals surface area contributed by atoms with Crippen molar-refractivity contribution in [1.29, 1.82) is 0 Å². The van der Waals surface area contributed by atoms with Crippen molar-refractivity contribution in [2.45, 2.75) is 44.7 Å². The van der Waals surface area contributed by atoms with Gasteiger partial charge in [0.05, 0.1) is 23.5 Å². The number of ether oxygens (including phenoxy) is 1. The van der Waals surface area contributed by atoms with E-state index in [1.165, 1.54) is 24.2 Å². The number of nitrogens with zero attached hydrogens (tertiary/aromatic N) is 3. The average Bonchev–Trinajstić information content (AvgIpc) is 3.50. The first-order valence-electron chi connectivity index (χ1n) is 12.6. The summed E-state index contributed by atoms with van der Waals surface area (Å²) in [4.78, 5) is 34.0. The topological polar surface area (TPSA) is 110 Å². The number of aromatic nitrogens is 2. The van der Waals surface area contributed by atoms with Crippen LogP contribution in [-0.4, -0.2) is 52.5 Å². The highest BCUT2D eigenvalue weighted by Gasteiger charge is 2.29. The fourth-order valence-corrected chi connectivity index (χ4v) is 5.20. The smallest absolute Gasteiger partial charge is 0.254 e. The van der Waals surface area contributed by atoms with Gasteiger partial charge in [-0.15, -0.1) is 0 Å². The first-order valence-corrected chi connectivity index (χ1v) is 13.0. The molecule has 37 heavy (non-hydrogen) atoms. The summed E-state index contributed by atoms with van der Waals surface area (Å²) in [5, 5.41) is 3.72. The van der Waals surface area contributed by atoms with Crippen LogP contribution in [0, 0.1) is 0 Å². The molecule has 0 spiro atoms. The van der Waals surface area contributed by atoms with E-state index in [-0.39, 0.29) is 18.5 Å². The number of amides is 2. The molecular formula is C28H30ClN5O3. The van der Waals surface area contributed by atoms with Gasteiger partial charge in [-0.3, -0.25) is 9.59 Å². The standard InChI is InChI=1S/C19H20ClN5O3.C9H10/c20-15-8-22-19(23-13-3-5-28-6-4-13)24-17(15)11-1-2-12-9-25(10-16(21)26)18(27)14(12)7-11;1-2-5-9-7-3-6-8(9)4-1/h1-2,7-8,13H,3-6,9-10H2,(H2,21,26)(H,22,23,24);1-2,4-5H,3,6-7H2. The number of hydrogen-bond acceptors (Lipinski definition) is 6. The van der Waals surface area contributed by atoms with Crippen LogP contribution in [0.25, 0.3) is 11.3 Å². The van der Waals surface area contributed by atoms with Crippen molar-refractivity contribution in [3.63, 3.8) is 0 Å². The Labute approximate surface area is 221 Å². The molecule has 0 saturated carbocycles. The summed E-state index contributed by atoms with van der Waals surface area (Å²) in [7, 11) is 0. The van der Waals surface area contributed by atoms with Crippen LogP contribution in [0.15, 0.2) is 48.7 Å². The third-order valence-corrected chi connectivity index (χ3v) is 7.19. The van der Waals surface area contributed by atoms with E-state index in [0.717, 1.165) is 24.0 Å². The van der Waals surface area contributed by atoms with E-state index >= 15 is 0 Å². The van der Waals surface area contributed by atoms with E-state index in [4.69, 9.17) is 22.1 Å². The van der Waals surface area contributed by atoms with Crippen molar-refractivity contribution < 1.29 is 14.3 Å². The highest BCUT2D eigenvalue weighted by Crippen LogP contribution is 2.31. The molecule has 2 aromatic carbocycles. The molecule has 1 aliphatic carbocycles. The van der Waals surface area contributed by atoms with Gasteiger partial charge in [-0.2, -0.15) is 0 Å². The van der Waals surface area contributed by atoms with E-state index in [9.17, 15) is 9.59 Å². The number of carbonyl (C=O) groups excluding carboxylic acids is 2. The fourth-order valence-electron chi connectivity index (χ4n) is 5.00. The molecule has 8 nitrogen and oxygen atoms in total. The lowest BCUT2D eigenvalue weighted by atomic mass is 10.0. The predicted octanol–water partition coefficient (Wildman–Crippen LogP) is 4.00. The molecule has 1 aromatic heterocycles. The molecule has 3 heterocycles. The zero-order valence-electron chi connectivity index (χ0n) is 20.6. The number of rotatable bonds is 5. The lowest BCUT2D eigenvalue weighted by Crippen LogP contribution is -2.33. The van der Waals surface area contributed by atoms with Crippen LogP contribution in [0.3, 0.4) is 0 Å². The van der Waals surface area contributed by atoms with Crippen molar-refractivity contribution >= 4 is 29.4 Å². The zero-order valence-corrected chi connectivity index (χ0v) is 21.3. The largest absolute Gasteiger partial charge is 0.381 e. The van der Waals surface area contributed by atoms with Gasteiger partial charge in [-0.05, 0) is 54.9 Å². The van der Waals surface area contributed by atoms with Gasteiger partial charge in [0.15, 0.2) is 0 Å². The zero-order chi connectivity index (χ0) is 25.8. The molecule has 0 bridgehead atoms. The Bertz CT molecular complexity index is 1290. The maximum absolute atomic E-state index is 12.6. The number of aryl methyl sites for hydroxylation is 2. The average molecular weight is 520 g/mol. The predicted molar refractivity (Wildman–Crippen MR) is 142 cm³/mol. The number of nitrogens with two attached hydrogens (primary N) is 1. The van der Waals surface area contributed by atoms with Gasteiger partial charge in [-0.25, -0.2) is 9.97 Å². The molecule has 0 radical (unpaired) electrons. The van der Waals surface area contributed by atoms with Gasteiger partial charge in [0.25, 0.3) is 5.91 Å². The van der Waals surface area contributed by atoms with E-state index in [1.807, 2.05) is 12.1 Å². The number of benzene rings is 2. The number of primary amides is 1. The first-order chi connectivity index (χ1) is 18.0. The van der Waals surface area contributed by atoms with Gasteiger partial charge in [0, 0.05) is 36.9 Å². The molecule has 192 valence electrons. The van der Waals surface area contributed by atoms with Gasteiger partial charge >= 0.3 is 0 Å². The molecule has 2 amide bonds. The Balaban J connectivity index is 0.000000260. The minimum Gasteiger partial charge on any atom is -0.381 e. The summed E-state index contributed by atoms with van der Waals surface area (Å²) < 4.78 is 5.37. The van der Waals surface area contributed by atoms with Crippen LogP contribution in [-0.2, 0) is 28.9 Å². The Morgan fingerprint density at radius 2 is 1.84 bits per heavy atom. The van der Waals surface area contributed by atoms with E-state index in [0.29, 0.717) is 42.0 Å². The van der Waals surface area contributed by atoms with Crippen molar-refractivity contribution in [1.82, 2.24) is 14.9 Å². The Hall–Kier alpha value is -3.49. The van der Waals surface area contributed by atoms with Gasteiger partial charge in [0.1, 0.15) is 0 Å². The molecule has 3 aromatic rings. The number of fused-ring (bicyclic) bond motifs is 2. The Morgan fingerprint density at radius 3 is 2.54 bits per heavy atom. The lowest BCUT2D eigenvalue weighted by molar-refractivity contribution is -0.118. The van der Waals surface area contributed by atoms with Crippen LogP contribution in [0.4, 0.5) is 5.95 Å². The summed E-state index contributed by atoms with van der Waals surface area (Å²) >= 11 is 6.33. The molecule has 0 atom stereocenters. The Kier molecular flexibility index (Phi) is 7.67. The maximum atomic E-state index is 12.6. The SMILES string of the molecule is NC(=O)CN1Cc2ccc(-c3nc(NC4CCOCC4)ncc3Cl)cc2C1=O.c1ccc2c(c1)CCC2. The minimum atomic E-state index is -0.538. The van der Waals surface area contributed by atoms with Crippen LogP contribution in [0.1, 0.15) is 46.3 Å². The number of anilines is 1. The molecule has 1 fully saturated rings. The van der Waals surface area contributed by atoms with Crippen LogP contribution >= 0.6 is 11.6 Å². The summed E-state index contributed by atoms with van der Waals surface area (Å²) in [5.41, 5.74) is 11.0. The summed E-state index contributed by atoms with van der Waals surface area (Å²) in [6.07, 6.45) is 7.31. The molecule has 6 rings (SSSR count). The number of halogens is 1. The summed E-state index contributed by atoms with van der Waals surface area (Å²) in [6.45, 7) is 1.70. The van der Waals surface area contributed by atoms with Crippen molar-refractivity contribution in [3.05, 3.63) is 75.9 Å². The van der Waals surface area contributed by atoms with Crippen LogP contribution < -0.4 is 11.1 Å². The van der Waals surface area contributed by atoms with Gasteiger partial charge < -0.3 is 20.7 Å². The highest BCUT2D eigenvalue weighted by molar-refractivity contribution is 6.33. The van der Waals surface area contributed by atoms with Crippen molar-refractivity contribution in [3.8, 4) is 11.3 Å². The fraction of sp³-hybridized carbons (Fsp3) is 0.357. The molecule has 3 N–H and O–H groups in total. The van der Waals surface area contributed by atoms with E-state index < -0.39 is 5.91 Å². The molecular weight excluding hydrogens is 490 g/mol. The quantitative estimate of drug-likeness (QED) is 0.527. The molecule has 9 heteroatoms. The molecule has 0 unspecified atom stereocenters. The summed E-state index contributed by atoms with van der Waals surface area (Å²) in [5.74, 6) is -0.265. The highest BCUT2D eigenvalue weighted by atomic mass is 35.5. The van der Waals surface area contributed by atoms with Crippen LogP contribution in [0.5, 0.6) is 0 Å². The number of hydrogen-bond donors (Lipinski definition) is 2. The molecule has 1 saturated heterocycles. The lowest BCUT2D eigenvalue weighted by Gasteiger charge is -2.23. The van der Waals surface area contributed by atoms with Crippen molar-refractivity contribution in [2.75, 3.05) is 25.1 Å². The number of nitrogens with one attached hydrogen (secondary N) is 1. The Morgan fingerprint density at radius 1 is 1.11 bits per heavy atom. The van der Waals surface area contributed by atoms with E-state index in [2.05, 4.69) is 39.6 Å². The number of carbonyl (C=O) groups is 2. The summed E-state index contributed by atoms with van der Waals surface area (Å²) in [6, 6.07) is 14.5. The monoisotopic (exact) mass is 519 g/mol. The molecule has 2 aliphatic heterocycles. The third-order valence-electron chi connectivity index (χ3n) is 6.92. The minimum absolute atomic E-state index is 0.101. The second kappa shape index (κ2) is 11.3. The third kappa shape index (κ3) is 5.92. The maximum Gasteiger partial charge on any atom is 0.254 e. The van der Waals surface area contributed by atoms with Crippen LogP contribution in [0.2, 0.25) is 5.02 Å². The van der Waals surface area contributed by atoms with E-state index in [1.54, 1.807) is 23.4 Å². The van der Waals surface area contributed by atoms with Gasteiger partial charge in [-0.1, -0.05) is 48.0 Å². The van der Waals surface area contributed by atoms with Gasteiger partial charge in [0.2, 0.25) is 11.9 Å². The molecule has 3 aliphatic rings. The second-order valence-corrected chi connectivity index (χ2v) is 9.95.